The molecule has 20 heavy (non-hydrogen) atoms. The van der Waals surface area contributed by atoms with Crippen LogP contribution in [0.5, 0.6) is 0 Å². The maximum absolute atomic E-state index is 12.0. The molecule has 0 bridgehead atoms. The van der Waals surface area contributed by atoms with Gasteiger partial charge in [0.05, 0.1) is 0 Å². The first kappa shape index (κ1) is 14.3. The molecule has 3 N–H and O–H groups in total. The molecular formula is C16H20N2O2. The van der Waals surface area contributed by atoms with Crippen molar-refractivity contribution in [2.45, 2.75) is 26.2 Å². The van der Waals surface area contributed by atoms with Crippen LogP contribution in [-0.2, 0) is 12.8 Å². The van der Waals surface area contributed by atoms with E-state index in [-0.39, 0.29) is 5.91 Å². The highest BCUT2D eigenvalue weighted by atomic mass is 16.3. The number of amides is 1. The second-order valence-electron chi connectivity index (χ2n) is 4.66. The minimum atomic E-state index is -0.228. The van der Waals surface area contributed by atoms with E-state index in [0.29, 0.717) is 12.3 Å². The van der Waals surface area contributed by atoms with Crippen LogP contribution in [0.2, 0.25) is 0 Å². The van der Waals surface area contributed by atoms with Crippen LogP contribution < -0.4 is 11.1 Å². The first-order valence-electron chi connectivity index (χ1n) is 6.92. The van der Waals surface area contributed by atoms with E-state index in [0.717, 1.165) is 30.7 Å². The second kappa shape index (κ2) is 6.91. The molecule has 0 aliphatic heterocycles. The van der Waals surface area contributed by atoms with E-state index in [1.54, 1.807) is 6.07 Å². The molecule has 4 heteroatoms. The number of hydrogen-bond acceptors (Lipinski definition) is 3. The molecule has 2 rings (SSSR count). The maximum Gasteiger partial charge on any atom is 0.291 e. The summed E-state index contributed by atoms with van der Waals surface area (Å²) >= 11 is 0. The summed E-state index contributed by atoms with van der Waals surface area (Å²) in [5, 5.41) is 2.82. The van der Waals surface area contributed by atoms with Crippen molar-refractivity contribution in [3.05, 3.63) is 53.5 Å². The summed E-state index contributed by atoms with van der Waals surface area (Å²) in [5.41, 5.74) is 7.46. The van der Waals surface area contributed by atoms with Crippen LogP contribution in [0, 0.1) is 0 Å². The number of rotatable bonds is 6. The molecular weight excluding hydrogens is 252 g/mol. The summed E-state index contributed by atoms with van der Waals surface area (Å²) < 4.78 is 5.50. The average molecular weight is 272 g/mol. The second-order valence-corrected chi connectivity index (χ2v) is 4.66. The summed E-state index contributed by atoms with van der Waals surface area (Å²) in [7, 11) is 0. The Morgan fingerprint density at radius 2 is 1.95 bits per heavy atom. The van der Waals surface area contributed by atoms with Gasteiger partial charge in [0.15, 0.2) is 5.76 Å². The first-order valence-corrected chi connectivity index (χ1v) is 6.92. The van der Waals surface area contributed by atoms with Crippen LogP contribution in [0.4, 0.5) is 5.69 Å². The molecule has 1 amide bonds. The standard InChI is InChI=1S/C16H20N2O2/c1-2-12-5-7-13(8-6-12)18-16(19)15-10-9-14(20-15)4-3-11-17/h5-10H,2-4,11,17H2,1H3,(H,18,19). The van der Waals surface area contributed by atoms with E-state index in [1.807, 2.05) is 30.3 Å². The third-order valence-corrected chi connectivity index (χ3v) is 3.13. The lowest BCUT2D eigenvalue weighted by atomic mass is 10.1. The molecule has 1 heterocycles. The lowest BCUT2D eigenvalue weighted by molar-refractivity contribution is 0.0995. The Morgan fingerprint density at radius 1 is 1.20 bits per heavy atom. The summed E-state index contributed by atoms with van der Waals surface area (Å²) in [4.78, 5) is 12.0. The Labute approximate surface area is 119 Å². The van der Waals surface area contributed by atoms with E-state index >= 15 is 0 Å². The largest absolute Gasteiger partial charge is 0.456 e. The molecule has 0 spiro atoms. The molecule has 1 aromatic heterocycles. The smallest absolute Gasteiger partial charge is 0.291 e. The van der Waals surface area contributed by atoms with Gasteiger partial charge in [0, 0.05) is 12.1 Å². The maximum atomic E-state index is 12.0. The number of anilines is 1. The van der Waals surface area contributed by atoms with Crippen molar-refractivity contribution in [3.63, 3.8) is 0 Å². The van der Waals surface area contributed by atoms with Gasteiger partial charge < -0.3 is 15.5 Å². The topological polar surface area (TPSA) is 68.3 Å². The van der Waals surface area contributed by atoms with Crippen molar-refractivity contribution in [1.29, 1.82) is 0 Å². The van der Waals surface area contributed by atoms with Gasteiger partial charge in [0.25, 0.3) is 5.91 Å². The van der Waals surface area contributed by atoms with Crippen LogP contribution in [0.3, 0.4) is 0 Å². The zero-order chi connectivity index (χ0) is 14.4. The molecule has 0 unspecified atom stereocenters. The molecule has 0 fully saturated rings. The van der Waals surface area contributed by atoms with Gasteiger partial charge in [0.2, 0.25) is 0 Å². The number of carbonyl (C=O) groups is 1. The Balaban J connectivity index is 1.98. The van der Waals surface area contributed by atoms with Crippen molar-refractivity contribution in [1.82, 2.24) is 0 Å². The molecule has 0 saturated carbocycles. The number of nitrogens with one attached hydrogen (secondary N) is 1. The first-order chi connectivity index (χ1) is 9.72. The predicted octanol–water partition coefficient (Wildman–Crippen LogP) is 2.99. The van der Waals surface area contributed by atoms with Gasteiger partial charge in [-0.3, -0.25) is 4.79 Å². The lowest BCUT2D eigenvalue weighted by Gasteiger charge is -2.04. The van der Waals surface area contributed by atoms with E-state index in [1.165, 1.54) is 5.56 Å². The molecule has 0 aliphatic rings. The number of nitrogens with two attached hydrogens (primary N) is 1. The minimum absolute atomic E-state index is 0.228. The number of furan rings is 1. The molecule has 0 saturated heterocycles. The van der Waals surface area contributed by atoms with Crippen molar-refractivity contribution in [2.75, 3.05) is 11.9 Å². The van der Waals surface area contributed by atoms with Crippen molar-refractivity contribution < 1.29 is 9.21 Å². The van der Waals surface area contributed by atoms with Gasteiger partial charge in [-0.25, -0.2) is 0 Å². The monoisotopic (exact) mass is 272 g/mol. The zero-order valence-electron chi connectivity index (χ0n) is 11.7. The van der Waals surface area contributed by atoms with E-state index < -0.39 is 0 Å². The number of aryl methyl sites for hydroxylation is 2. The van der Waals surface area contributed by atoms with Gasteiger partial charge in [-0.05, 0) is 49.2 Å². The normalized spacial score (nSPS) is 10.5. The molecule has 1 aromatic carbocycles. The third-order valence-electron chi connectivity index (χ3n) is 3.13. The van der Waals surface area contributed by atoms with Gasteiger partial charge in [-0.2, -0.15) is 0 Å². The molecule has 2 aromatic rings. The summed E-state index contributed by atoms with van der Waals surface area (Å²) in [5.74, 6) is 0.895. The molecule has 0 radical (unpaired) electrons. The fourth-order valence-electron chi connectivity index (χ4n) is 1.93. The average Bonchev–Trinajstić information content (AvgIpc) is 2.95. The Kier molecular flexibility index (Phi) is 4.96. The highest BCUT2D eigenvalue weighted by molar-refractivity contribution is 6.02. The van der Waals surface area contributed by atoms with Crippen LogP contribution in [-0.4, -0.2) is 12.5 Å². The van der Waals surface area contributed by atoms with Gasteiger partial charge in [-0.1, -0.05) is 19.1 Å². The Hall–Kier alpha value is -2.07. The quantitative estimate of drug-likeness (QED) is 0.849. The Bertz CT molecular complexity index is 558. The fraction of sp³-hybridized carbons (Fsp3) is 0.312. The van der Waals surface area contributed by atoms with Crippen LogP contribution >= 0.6 is 0 Å². The minimum Gasteiger partial charge on any atom is -0.456 e. The third kappa shape index (κ3) is 3.71. The number of benzene rings is 1. The highest BCUT2D eigenvalue weighted by Crippen LogP contribution is 2.14. The van der Waals surface area contributed by atoms with E-state index in [2.05, 4.69) is 12.2 Å². The van der Waals surface area contributed by atoms with Gasteiger partial charge in [-0.15, -0.1) is 0 Å². The molecule has 0 aliphatic carbocycles. The van der Waals surface area contributed by atoms with Crippen LogP contribution in [0.15, 0.2) is 40.8 Å². The van der Waals surface area contributed by atoms with Crippen molar-refractivity contribution in [3.8, 4) is 0 Å². The van der Waals surface area contributed by atoms with Crippen molar-refractivity contribution >= 4 is 11.6 Å². The summed E-state index contributed by atoms with van der Waals surface area (Å²) in [6.45, 7) is 2.71. The van der Waals surface area contributed by atoms with Gasteiger partial charge >= 0.3 is 0 Å². The lowest BCUT2D eigenvalue weighted by Crippen LogP contribution is -2.10. The predicted molar refractivity (Wildman–Crippen MR) is 79.9 cm³/mol. The van der Waals surface area contributed by atoms with E-state index in [4.69, 9.17) is 10.2 Å². The van der Waals surface area contributed by atoms with Gasteiger partial charge in [0.1, 0.15) is 5.76 Å². The van der Waals surface area contributed by atoms with Crippen LogP contribution in [0.25, 0.3) is 0 Å². The number of carbonyl (C=O) groups excluding carboxylic acids is 1. The number of hydrogen-bond donors (Lipinski definition) is 2. The van der Waals surface area contributed by atoms with Crippen molar-refractivity contribution in [2.24, 2.45) is 5.73 Å². The van der Waals surface area contributed by atoms with E-state index in [9.17, 15) is 4.79 Å². The fourth-order valence-corrected chi connectivity index (χ4v) is 1.93. The zero-order valence-corrected chi connectivity index (χ0v) is 11.7. The van der Waals surface area contributed by atoms with Crippen LogP contribution in [0.1, 0.15) is 35.2 Å². The molecule has 106 valence electrons. The molecule has 4 nitrogen and oxygen atoms in total. The summed E-state index contributed by atoms with van der Waals surface area (Å²) in [6.07, 6.45) is 2.60. The Morgan fingerprint density at radius 3 is 2.60 bits per heavy atom. The SMILES string of the molecule is CCc1ccc(NC(=O)c2ccc(CCCN)o2)cc1. The summed E-state index contributed by atoms with van der Waals surface area (Å²) in [6, 6.07) is 11.3. The molecule has 0 atom stereocenters. The highest BCUT2D eigenvalue weighted by Gasteiger charge is 2.11.